The number of aliphatic hydroxyl groups excluding tert-OH is 1. The van der Waals surface area contributed by atoms with E-state index in [1.54, 1.807) is 23.2 Å². The highest BCUT2D eigenvalue weighted by atomic mass is 16.5. The van der Waals surface area contributed by atoms with Crippen molar-refractivity contribution >= 4 is 5.91 Å². The van der Waals surface area contributed by atoms with Gasteiger partial charge in [0.2, 0.25) is 5.91 Å². The Morgan fingerprint density at radius 1 is 1.47 bits per heavy atom. The highest BCUT2D eigenvalue weighted by Gasteiger charge is 2.29. The molecule has 1 aliphatic heterocycles. The van der Waals surface area contributed by atoms with Gasteiger partial charge < -0.3 is 20.5 Å². The van der Waals surface area contributed by atoms with E-state index in [4.69, 9.17) is 10.5 Å². The van der Waals surface area contributed by atoms with Crippen LogP contribution in [0.3, 0.4) is 0 Å². The van der Waals surface area contributed by atoms with Crippen molar-refractivity contribution in [3.05, 3.63) is 30.1 Å². The molecule has 106 valence electrons. The number of aromatic nitrogens is 1. The molecule has 1 aliphatic rings. The van der Waals surface area contributed by atoms with Gasteiger partial charge >= 0.3 is 0 Å². The first-order valence-electron chi connectivity index (χ1n) is 5.90. The van der Waals surface area contributed by atoms with Crippen molar-refractivity contribution in [2.75, 3.05) is 26.3 Å². The molecule has 0 spiro atoms. The van der Waals surface area contributed by atoms with E-state index in [1.165, 1.54) is 6.20 Å². The van der Waals surface area contributed by atoms with Gasteiger partial charge in [0.05, 0.1) is 13.2 Å². The highest BCUT2D eigenvalue weighted by molar-refractivity contribution is 5.82. The summed E-state index contributed by atoms with van der Waals surface area (Å²) in [6.45, 7) is 2.07. The van der Waals surface area contributed by atoms with Gasteiger partial charge in [0.25, 0.3) is 0 Å². The molecular formula is C13H21N3O3. The smallest absolute Gasteiger partial charge is 0.242 e. The minimum atomic E-state index is -1.03. The van der Waals surface area contributed by atoms with Crippen LogP contribution in [0.25, 0.3) is 0 Å². The topological polar surface area (TPSA) is 88.7 Å². The summed E-state index contributed by atoms with van der Waals surface area (Å²) >= 11 is 0. The number of ether oxygens (including phenoxy) is 1. The quantitative estimate of drug-likeness (QED) is 0.800. The molecule has 2 atom stereocenters. The molecule has 19 heavy (non-hydrogen) atoms. The van der Waals surface area contributed by atoms with E-state index < -0.39 is 12.1 Å². The van der Waals surface area contributed by atoms with E-state index in [0.717, 1.165) is 0 Å². The van der Waals surface area contributed by atoms with Crippen LogP contribution in [-0.4, -0.2) is 53.2 Å². The summed E-state index contributed by atoms with van der Waals surface area (Å²) < 4.78 is 5.17. The van der Waals surface area contributed by atoms with E-state index in [-0.39, 0.29) is 13.3 Å². The lowest BCUT2D eigenvalue weighted by Gasteiger charge is -2.30. The van der Waals surface area contributed by atoms with Crippen molar-refractivity contribution in [3.8, 4) is 0 Å². The standard InChI is InChI=1S/C12H17N3O3.CH4/c13-10(11(16)9-2-1-3-14-8-9)12(17)15-4-6-18-7-5-15;/h1-3,8,10-11,16H,4-7,13H2;1H4/t10-,11+;/m1./s1. The van der Waals surface area contributed by atoms with Gasteiger partial charge in [-0.25, -0.2) is 0 Å². The molecule has 1 amide bonds. The second kappa shape index (κ2) is 7.18. The predicted molar refractivity (Wildman–Crippen MR) is 71.3 cm³/mol. The molecule has 1 saturated heterocycles. The Kier molecular flexibility index (Phi) is 5.88. The summed E-state index contributed by atoms with van der Waals surface area (Å²) in [6, 6.07) is 2.43. The number of morpholine rings is 1. The first kappa shape index (κ1) is 15.6. The van der Waals surface area contributed by atoms with E-state index in [1.807, 2.05) is 0 Å². The third-order valence-electron chi connectivity index (χ3n) is 2.97. The summed E-state index contributed by atoms with van der Waals surface area (Å²) in [5.41, 5.74) is 6.36. The maximum absolute atomic E-state index is 12.1. The third kappa shape index (κ3) is 3.73. The molecule has 0 bridgehead atoms. The lowest BCUT2D eigenvalue weighted by atomic mass is 10.0. The SMILES string of the molecule is C.N[C@@H](C(=O)N1CCOCC1)[C@@H](O)c1cccnc1. The molecular weight excluding hydrogens is 246 g/mol. The summed E-state index contributed by atoms with van der Waals surface area (Å²) in [5, 5.41) is 10.0. The number of amides is 1. The number of aliphatic hydroxyl groups is 1. The van der Waals surface area contributed by atoms with Crippen molar-refractivity contribution < 1.29 is 14.6 Å². The highest BCUT2D eigenvalue weighted by Crippen LogP contribution is 2.16. The Labute approximate surface area is 113 Å². The maximum atomic E-state index is 12.1. The van der Waals surface area contributed by atoms with Gasteiger partial charge in [-0.3, -0.25) is 9.78 Å². The van der Waals surface area contributed by atoms with Crippen molar-refractivity contribution in [2.24, 2.45) is 5.73 Å². The molecule has 2 heterocycles. The fraction of sp³-hybridized carbons (Fsp3) is 0.538. The van der Waals surface area contributed by atoms with Crippen molar-refractivity contribution in [3.63, 3.8) is 0 Å². The van der Waals surface area contributed by atoms with Crippen LogP contribution < -0.4 is 5.73 Å². The second-order valence-electron chi connectivity index (χ2n) is 4.19. The van der Waals surface area contributed by atoms with E-state index in [9.17, 15) is 9.90 Å². The zero-order valence-corrected chi connectivity index (χ0v) is 10.0. The van der Waals surface area contributed by atoms with Gasteiger partial charge in [0, 0.05) is 31.0 Å². The van der Waals surface area contributed by atoms with Gasteiger partial charge in [0.1, 0.15) is 12.1 Å². The predicted octanol–water partition coefficient (Wildman–Crippen LogP) is -0.0628. The molecule has 0 unspecified atom stereocenters. The maximum Gasteiger partial charge on any atom is 0.242 e. The largest absolute Gasteiger partial charge is 0.386 e. The van der Waals surface area contributed by atoms with Crippen LogP contribution in [0.1, 0.15) is 19.1 Å². The van der Waals surface area contributed by atoms with E-state index in [2.05, 4.69) is 4.98 Å². The number of hydrogen-bond donors (Lipinski definition) is 2. The van der Waals surface area contributed by atoms with Crippen LogP contribution >= 0.6 is 0 Å². The van der Waals surface area contributed by atoms with Crippen LogP contribution in [0.4, 0.5) is 0 Å². The lowest BCUT2D eigenvalue weighted by Crippen LogP contribution is -2.50. The minimum Gasteiger partial charge on any atom is -0.386 e. The molecule has 0 aliphatic carbocycles. The number of pyridine rings is 1. The second-order valence-corrected chi connectivity index (χ2v) is 4.19. The average Bonchev–Trinajstić information content (AvgIpc) is 2.47. The minimum absolute atomic E-state index is 0. The third-order valence-corrected chi connectivity index (χ3v) is 2.97. The summed E-state index contributed by atoms with van der Waals surface area (Å²) in [5.74, 6) is -0.255. The van der Waals surface area contributed by atoms with E-state index >= 15 is 0 Å². The first-order valence-corrected chi connectivity index (χ1v) is 5.90. The number of carbonyl (C=O) groups is 1. The monoisotopic (exact) mass is 267 g/mol. The summed E-state index contributed by atoms with van der Waals surface area (Å²) in [6.07, 6.45) is 2.08. The Hall–Kier alpha value is -1.50. The lowest BCUT2D eigenvalue weighted by molar-refractivity contribution is -0.139. The van der Waals surface area contributed by atoms with Crippen LogP contribution in [0.5, 0.6) is 0 Å². The van der Waals surface area contributed by atoms with Gasteiger partial charge in [0.15, 0.2) is 0 Å². The Bertz CT molecular complexity index is 393. The number of nitrogens with two attached hydrogens (primary N) is 1. The van der Waals surface area contributed by atoms with Crippen molar-refractivity contribution in [1.29, 1.82) is 0 Å². The molecule has 6 heteroatoms. The Morgan fingerprint density at radius 3 is 2.74 bits per heavy atom. The molecule has 2 rings (SSSR count). The molecule has 1 fully saturated rings. The zero-order valence-electron chi connectivity index (χ0n) is 10.0. The van der Waals surface area contributed by atoms with Crippen LogP contribution in [-0.2, 0) is 9.53 Å². The molecule has 0 saturated carbocycles. The molecule has 1 aromatic heterocycles. The zero-order chi connectivity index (χ0) is 13.0. The van der Waals surface area contributed by atoms with Gasteiger partial charge in [-0.2, -0.15) is 0 Å². The van der Waals surface area contributed by atoms with E-state index in [0.29, 0.717) is 31.9 Å². The van der Waals surface area contributed by atoms with Gasteiger partial charge in [-0.05, 0) is 6.07 Å². The van der Waals surface area contributed by atoms with Crippen molar-refractivity contribution in [1.82, 2.24) is 9.88 Å². The van der Waals surface area contributed by atoms with Crippen LogP contribution in [0.15, 0.2) is 24.5 Å². The van der Waals surface area contributed by atoms with Gasteiger partial charge in [-0.1, -0.05) is 13.5 Å². The average molecular weight is 267 g/mol. The molecule has 6 nitrogen and oxygen atoms in total. The summed E-state index contributed by atoms with van der Waals surface area (Å²) in [4.78, 5) is 17.6. The normalized spacial score (nSPS) is 18.3. The number of nitrogens with zero attached hydrogens (tertiary/aromatic N) is 2. The summed E-state index contributed by atoms with van der Waals surface area (Å²) in [7, 11) is 0. The number of rotatable bonds is 3. The first-order chi connectivity index (χ1) is 8.70. The molecule has 0 radical (unpaired) electrons. The number of hydrogen-bond acceptors (Lipinski definition) is 5. The molecule has 1 aromatic rings. The molecule has 0 aromatic carbocycles. The Morgan fingerprint density at radius 2 is 2.16 bits per heavy atom. The Balaban J connectivity index is 0.00000180. The fourth-order valence-electron chi connectivity index (χ4n) is 1.89. The van der Waals surface area contributed by atoms with Crippen LogP contribution in [0, 0.1) is 0 Å². The molecule has 3 N–H and O–H groups in total. The fourth-order valence-corrected chi connectivity index (χ4v) is 1.89. The van der Waals surface area contributed by atoms with Crippen molar-refractivity contribution in [2.45, 2.75) is 19.6 Å². The van der Waals surface area contributed by atoms with Gasteiger partial charge in [-0.15, -0.1) is 0 Å². The number of carbonyl (C=O) groups excluding carboxylic acids is 1. The van der Waals surface area contributed by atoms with Crippen LogP contribution in [0.2, 0.25) is 0 Å².